The van der Waals surface area contributed by atoms with Crippen LogP contribution >= 0.6 is 0 Å². The molecule has 0 bridgehead atoms. The van der Waals surface area contributed by atoms with E-state index in [1.807, 2.05) is 36.5 Å². The highest BCUT2D eigenvalue weighted by Gasteiger charge is 2.08. The van der Waals surface area contributed by atoms with Crippen LogP contribution in [0.3, 0.4) is 0 Å². The molecule has 4 rings (SSSR count). The van der Waals surface area contributed by atoms with E-state index >= 15 is 0 Å². The van der Waals surface area contributed by atoms with E-state index in [2.05, 4.69) is 25.3 Å². The maximum Gasteiger partial charge on any atom is 0.272 e. The van der Waals surface area contributed by atoms with E-state index in [0.29, 0.717) is 11.7 Å². The van der Waals surface area contributed by atoms with Gasteiger partial charge < -0.3 is 0 Å². The molecule has 0 aliphatic heterocycles. The molecular weight excluding hydrogens is 254 g/mol. The molecule has 20 heavy (non-hydrogen) atoms. The second-order valence-electron chi connectivity index (χ2n) is 4.21. The minimum atomic E-state index is 0.451. The molecule has 0 amide bonds. The fourth-order valence-electron chi connectivity index (χ4n) is 1.94. The summed E-state index contributed by atoms with van der Waals surface area (Å²) in [6, 6.07) is 9.89. The molecule has 96 valence electrons. The van der Waals surface area contributed by atoms with Gasteiger partial charge in [-0.2, -0.15) is 4.52 Å². The van der Waals surface area contributed by atoms with Crippen LogP contribution in [-0.4, -0.2) is 34.3 Å². The van der Waals surface area contributed by atoms with Crippen molar-refractivity contribution in [1.82, 2.24) is 34.3 Å². The molecule has 0 aliphatic rings. The summed E-state index contributed by atoms with van der Waals surface area (Å²) in [5, 5.41) is 12.5. The van der Waals surface area contributed by atoms with Gasteiger partial charge in [0.05, 0.1) is 11.9 Å². The van der Waals surface area contributed by atoms with Gasteiger partial charge in [-0.05, 0) is 0 Å². The van der Waals surface area contributed by atoms with Crippen molar-refractivity contribution in [3.63, 3.8) is 0 Å². The normalized spacial score (nSPS) is 11.0. The Morgan fingerprint density at radius 1 is 1.00 bits per heavy atom. The number of rotatable bonds is 2. The minimum absolute atomic E-state index is 0.451. The SMILES string of the molecule is c1ccc(-c2cn3nc(-n4ccnc4)nnc3n2)cc1. The van der Waals surface area contributed by atoms with Crippen molar-refractivity contribution in [3.05, 3.63) is 55.2 Å². The van der Waals surface area contributed by atoms with Gasteiger partial charge in [-0.1, -0.05) is 30.3 Å². The quantitative estimate of drug-likeness (QED) is 0.546. The molecule has 0 saturated heterocycles. The second kappa shape index (κ2) is 4.23. The van der Waals surface area contributed by atoms with Crippen LogP contribution in [0.2, 0.25) is 0 Å². The Bertz CT molecular complexity index is 849. The molecule has 0 N–H and O–H groups in total. The number of fused-ring (bicyclic) bond motifs is 1. The number of imidazole rings is 2. The summed E-state index contributed by atoms with van der Waals surface area (Å²) < 4.78 is 3.30. The van der Waals surface area contributed by atoms with E-state index < -0.39 is 0 Å². The van der Waals surface area contributed by atoms with Gasteiger partial charge in [-0.15, -0.1) is 15.3 Å². The van der Waals surface area contributed by atoms with Crippen molar-refractivity contribution in [2.45, 2.75) is 0 Å². The van der Waals surface area contributed by atoms with Crippen LogP contribution in [0.15, 0.2) is 55.2 Å². The van der Waals surface area contributed by atoms with Crippen LogP contribution in [0.1, 0.15) is 0 Å². The lowest BCUT2D eigenvalue weighted by Gasteiger charge is -1.97. The van der Waals surface area contributed by atoms with E-state index in [1.165, 1.54) is 0 Å². The first kappa shape index (κ1) is 10.8. The first-order valence-corrected chi connectivity index (χ1v) is 6.04. The Kier molecular flexibility index (Phi) is 2.28. The average molecular weight is 263 g/mol. The summed E-state index contributed by atoms with van der Waals surface area (Å²) >= 11 is 0. The van der Waals surface area contributed by atoms with Gasteiger partial charge >= 0.3 is 0 Å². The number of aromatic nitrogens is 7. The Hall–Kier alpha value is -3.09. The van der Waals surface area contributed by atoms with Gasteiger partial charge in [0.2, 0.25) is 0 Å². The predicted octanol–water partition coefficient (Wildman–Crippen LogP) is 1.37. The van der Waals surface area contributed by atoms with E-state index in [1.54, 1.807) is 27.8 Å². The standard InChI is InChI=1S/C13H9N7/c1-2-4-10(5-3-1)11-8-20-12(15-11)16-17-13(18-20)19-7-6-14-9-19/h1-9H. The van der Waals surface area contributed by atoms with Gasteiger partial charge in [0.15, 0.2) is 0 Å². The highest BCUT2D eigenvalue weighted by molar-refractivity contribution is 5.60. The molecule has 3 heterocycles. The summed E-state index contributed by atoms with van der Waals surface area (Å²) in [6.45, 7) is 0. The summed E-state index contributed by atoms with van der Waals surface area (Å²) in [4.78, 5) is 8.37. The summed E-state index contributed by atoms with van der Waals surface area (Å²) in [6.07, 6.45) is 6.88. The molecule has 0 aliphatic carbocycles. The van der Waals surface area contributed by atoms with Crippen molar-refractivity contribution in [3.8, 4) is 17.2 Å². The molecule has 0 radical (unpaired) electrons. The summed E-state index contributed by atoms with van der Waals surface area (Å²) in [7, 11) is 0. The Balaban J connectivity index is 1.84. The molecule has 3 aromatic heterocycles. The molecule has 7 nitrogen and oxygen atoms in total. The fourth-order valence-corrected chi connectivity index (χ4v) is 1.94. The van der Waals surface area contributed by atoms with Crippen molar-refractivity contribution >= 4 is 5.78 Å². The highest BCUT2D eigenvalue weighted by atomic mass is 15.4. The first-order chi connectivity index (χ1) is 9.90. The Labute approximate surface area is 113 Å². The molecule has 4 aromatic rings. The fraction of sp³-hybridized carbons (Fsp3) is 0. The van der Waals surface area contributed by atoms with E-state index in [4.69, 9.17) is 0 Å². The van der Waals surface area contributed by atoms with E-state index in [9.17, 15) is 0 Å². The Morgan fingerprint density at radius 2 is 1.90 bits per heavy atom. The monoisotopic (exact) mass is 263 g/mol. The summed E-state index contributed by atoms with van der Waals surface area (Å²) in [5.41, 5.74) is 1.83. The predicted molar refractivity (Wildman–Crippen MR) is 71.1 cm³/mol. The van der Waals surface area contributed by atoms with Crippen molar-refractivity contribution < 1.29 is 0 Å². The third-order valence-electron chi connectivity index (χ3n) is 2.90. The maximum absolute atomic E-state index is 4.41. The van der Waals surface area contributed by atoms with Crippen LogP contribution in [0.5, 0.6) is 0 Å². The van der Waals surface area contributed by atoms with Gasteiger partial charge in [-0.3, -0.25) is 4.57 Å². The third-order valence-corrected chi connectivity index (χ3v) is 2.90. The number of hydrogen-bond donors (Lipinski definition) is 0. The van der Waals surface area contributed by atoms with Crippen LogP contribution in [0.25, 0.3) is 23.0 Å². The average Bonchev–Trinajstić information content (AvgIpc) is 3.16. The highest BCUT2D eigenvalue weighted by Crippen LogP contribution is 2.17. The van der Waals surface area contributed by atoms with Gasteiger partial charge in [0.1, 0.15) is 6.33 Å². The lowest BCUT2D eigenvalue weighted by molar-refractivity contribution is 0.762. The first-order valence-electron chi connectivity index (χ1n) is 6.04. The van der Waals surface area contributed by atoms with E-state index in [-0.39, 0.29) is 0 Å². The molecule has 0 unspecified atom stereocenters. The lowest BCUT2D eigenvalue weighted by atomic mass is 10.2. The second-order valence-corrected chi connectivity index (χ2v) is 4.21. The van der Waals surface area contributed by atoms with Crippen LogP contribution < -0.4 is 0 Å². The zero-order valence-electron chi connectivity index (χ0n) is 10.3. The molecular formula is C13H9N7. The smallest absolute Gasteiger partial charge is 0.272 e. The van der Waals surface area contributed by atoms with Gasteiger partial charge in [0, 0.05) is 18.0 Å². The number of hydrogen-bond acceptors (Lipinski definition) is 5. The van der Waals surface area contributed by atoms with Crippen LogP contribution in [0, 0.1) is 0 Å². The number of benzene rings is 1. The van der Waals surface area contributed by atoms with Crippen molar-refractivity contribution in [2.24, 2.45) is 0 Å². The zero-order valence-corrected chi connectivity index (χ0v) is 10.3. The third kappa shape index (κ3) is 1.72. The van der Waals surface area contributed by atoms with Crippen molar-refractivity contribution in [2.75, 3.05) is 0 Å². The van der Waals surface area contributed by atoms with Gasteiger partial charge in [-0.25, -0.2) is 9.97 Å². The molecule has 0 atom stereocenters. The molecule has 7 heteroatoms. The van der Waals surface area contributed by atoms with Gasteiger partial charge in [0.25, 0.3) is 11.7 Å². The molecule has 0 saturated carbocycles. The molecule has 0 spiro atoms. The summed E-state index contributed by atoms with van der Waals surface area (Å²) in [5.74, 6) is 0.916. The van der Waals surface area contributed by atoms with Crippen LogP contribution in [0.4, 0.5) is 0 Å². The largest absolute Gasteiger partial charge is 0.272 e. The molecule has 1 aromatic carbocycles. The lowest BCUT2D eigenvalue weighted by Crippen LogP contribution is -2.05. The molecule has 0 fully saturated rings. The minimum Gasteiger partial charge on any atom is -0.272 e. The topological polar surface area (TPSA) is 73.8 Å². The number of nitrogens with zero attached hydrogens (tertiary/aromatic N) is 7. The maximum atomic E-state index is 4.41. The van der Waals surface area contributed by atoms with E-state index in [0.717, 1.165) is 11.3 Å². The van der Waals surface area contributed by atoms with Crippen LogP contribution in [-0.2, 0) is 0 Å². The Morgan fingerprint density at radius 3 is 2.70 bits per heavy atom. The van der Waals surface area contributed by atoms with Crippen molar-refractivity contribution in [1.29, 1.82) is 0 Å². The zero-order chi connectivity index (χ0) is 13.4.